The topological polar surface area (TPSA) is 68.9 Å². The molecule has 84 valence electrons. The molecule has 2 N–H and O–H groups in total. The van der Waals surface area contributed by atoms with Gasteiger partial charge in [-0.3, -0.25) is 4.79 Å². The number of aromatic nitrogens is 2. The van der Waals surface area contributed by atoms with E-state index in [9.17, 15) is 4.79 Å². The third-order valence-electron chi connectivity index (χ3n) is 1.52. The van der Waals surface area contributed by atoms with Crippen molar-refractivity contribution in [3.05, 3.63) is 16.9 Å². The molecule has 0 aromatic carbocycles. The minimum atomic E-state index is 0.0932. The number of nitrogen functional groups attached to an aromatic ring is 1. The maximum absolute atomic E-state index is 10.6. The molecule has 0 radical (unpaired) electrons. The van der Waals surface area contributed by atoms with E-state index in [-0.39, 0.29) is 16.2 Å². The summed E-state index contributed by atoms with van der Waals surface area (Å²) in [7, 11) is 0. The molecule has 0 aliphatic rings. The van der Waals surface area contributed by atoms with Crippen LogP contribution in [0.5, 0.6) is 0 Å². The molecular formula is C10H10ClN3OS. The number of anilines is 1. The van der Waals surface area contributed by atoms with E-state index < -0.39 is 0 Å². The van der Waals surface area contributed by atoms with Crippen LogP contribution in [0.15, 0.2) is 6.20 Å². The van der Waals surface area contributed by atoms with Crippen molar-refractivity contribution in [2.75, 3.05) is 11.5 Å². The van der Waals surface area contributed by atoms with Crippen LogP contribution in [0.3, 0.4) is 0 Å². The Bertz CT molecular complexity index is 453. The van der Waals surface area contributed by atoms with Crippen LogP contribution in [-0.4, -0.2) is 20.8 Å². The SMILES string of the molecule is CC(=O)SCCC#Cc1cnc(N)nc1Cl. The zero-order valence-electron chi connectivity index (χ0n) is 8.66. The lowest BCUT2D eigenvalue weighted by atomic mass is 10.3. The van der Waals surface area contributed by atoms with Crippen molar-refractivity contribution in [3.63, 3.8) is 0 Å². The highest BCUT2D eigenvalue weighted by Crippen LogP contribution is 2.11. The summed E-state index contributed by atoms with van der Waals surface area (Å²) in [6.45, 7) is 1.53. The molecule has 6 heteroatoms. The van der Waals surface area contributed by atoms with Crippen molar-refractivity contribution in [1.29, 1.82) is 0 Å². The fraction of sp³-hybridized carbons (Fsp3) is 0.300. The first-order chi connectivity index (χ1) is 7.59. The van der Waals surface area contributed by atoms with Gasteiger partial charge in [-0.1, -0.05) is 35.2 Å². The van der Waals surface area contributed by atoms with Crippen molar-refractivity contribution in [2.24, 2.45) is 0 Å². The summed E-state index contributed by atoms with van der Waals surface area (Å²) in [5.74, 6) is 6.52. The normalized spacial score (nSPS) is 9.38. The molecule has 0 unspecified atom stereocenters. The van der Waals surface area contributed by atoms with Gasteiger partial charge in [0.1, 0.15) is 5.15 Å². The minimum Gasteiger partial charge on any atom is -0.368 e. The monoisotopic (exact) mass is 255 g/mol. The summed E-state index contributed by atoms with van der Waals surface area (Å²) in [6, 6.07) is 0. The predicted octanol–water partition coefficient (Wildman–Crippen LogP) is 1.73. The molecule has 0 spiro atoms. The Hall–Kier alpha value is -1.25. The molecule has 0 aliphatic carbocycles. The smallest absolute Gasteiger partial charge is 0.221 e. The Morgan fingerprint density at radius 3 is 3.06 bits per heavy atom. The van der Waals surface area contributed by atoms with Crippen LogP contribution >= 0.6 is 23.4 Å². The van der Waals surface area contributed by atoms with E-state index in [1.165, 1.54) is 24.9 Å². The zero-order chi connectivity index (χ0) is 12.0. The predicted molar refractivity (Wildman–Crippen MR) is 66.1 cm³/mol. The Labute approximate surface area is 103 Å². The van der Waals surface area contributed by atoms with Crippen molar-refractivity contribution in [2.45, 2.75) is 13.3 Å². The molecule has 0 fully saturated rings. The van der Waals surface area contributed by atoms with E-state index in [4.69, 9.17) is 17.3 Å². The molecule has 0 saturated carbocycles. The zero-order valence-corrected chi connectivity index (χ0v) is 10.2. The van der Waals surface area contributed by atoms with Gasteiger partial charge in [0.25, 0.3) is 0 Å². The summed E-state index contributed by atoms with van der Waals surface area (Å²) >= 11 is 7.05. The molecule has 1 rings (SSSR count). The number of hydrogen-bond donors (Lipinski definition) is 1. The Balaban J connectivity index is 2.53. The lowest BCUT2D eigenvalue weighted by Crippen LogP contribution is -1.95. The van der Waals surface area contributed by atoms with E-state index in [1.54, 1.807) is 0 Å². The highest BCUT2D eigenvalue weighted by molar-refractivity contribution is 8.13. The molecule has 0 amide bonds. The molecule has 1 aromatic rings. The molecule has 1 heterocycles. The third kappa shape index (κ3) is 4.51. The third-order valence-corrected chi connectivity index (χ3v) is 2.62. The lowest BCUT2D eigenvalue weighted by Gasteiger charge is -1.95. The number of nitrogens with zero attached hydrogens (tertiary/aromatic N) is 2. The van der Waals surface area contributed by atoms with E-state index in [0.717, 1.165) is 0 Å². The molecule has 1 aromatic heterocycles. The van der Waals surface area contributed by atoms with Crippen molar-refractivity contribution >= 4 is 34.4 Å². The average molecular weight is 256 g/mol. The molecule has 0 atom stereocenters. The highest BCUT2D eigenvalue weighted by Gasteiger charge is 1.99. The van der Waals surface area contributed by atoms with E-state index in [0.29, 0.717) is 17.7 Å². The van der Waals surface area contributed by atoms with Crippen LogP contribution in [0.25, 0.3) is 0 Å². The quantitative estimate of drug-likeness (QED) is 0.495. The summed E-state index contributed by atoms with van der Waals surface area (Å²) in [5.41, 5.74) is 5.89. The number of rotatable bonds is 2. The van der Waals surface area contributed by atoms with Crippen LogP contribution in [0.4, 0.5) is 5.95 Å². The first kappa shape index (κ1) is 12.8. The number of thioether (sulfide) groups is 1. The van der Waals surface area contributed by atoms with Crippen LogP contribution in [0.2, 0.25) is 5.15 Å². The molecule has 0 aliphatic heterocycles. The fourth-order valence-corrected chi connectivity index (χ4v) is 1.54. The summed E-state index contributed by atoms with van der Waals surface area (Å²) in [5, 5.41) is 0.342. The van der Waals surface area contributed by atoms with Gasteiger partial charge in [0, 0.05) is 25.3 Å². The first-order valence-corrected chi connectivity index (χ1v) is 5.86. The Morgan fingerprint density at radius 1 is 1.69 bits per heavy atom. The molecule has 4 nitrogen and oxygen atoms in total. The van der Waals surface area contributed by atoms with Gasteiger partial charge in [0.05, 0.1) is 5.56 Å². The fourth-order valence-electron chi connectivity index (χ4n) is 0.861. The maximum atomic E-state index is 10.6. The number of hydrogen-bond acceptors (Lipinski definition) is 5. The standard InChI is InChI=1S/C10H10ClN3OS/c1-7(15)16-5-3-2-4-8-6-13-10(12)14-9(8)11/h6H,3,5H2,1H3,(H2,12,13,14). The van der Waals surface area contributed by atoms with Gasteiger partial charge >= 0.3 is 0 Å². The molecule has 0 saturated heterocycles. The highest BCUT2D eigenvalue weighted by atomic mass is 35.5. The van der Waals surface area contributed by atoms with Gasteiger partial charge < -0.3 is 5.73 Å². The largest absolute Gasteiger partial charge is 0.368 e. The van der Waals surface area contributed by atoms with E-state index in [2.05, 4.69) is 21.8 Å². The number of carbonyl (C=O) groups is 1. The van der Waals surface area contributed by atoms with Gasteiger partial charge in [-0.15, -0.1) is 0 Å². The van der Waals surface area contributed by atoms with Gasteiger partial charge in [-0.05, 0) is 0 Å². The molecular weight excluding hydrogens is 246 g/mol. The Kier molecular flexibility index (Phi) is 5.09. The first-order valence-electron chi connectivity index (χ1n) is 4.50. The lowest BCUT2D eigenvalue weighted by molar-refractivity contribution is -0.109. The average Bonchev–Trinajstić information content (AvgIpc) is 2.20. The van der Waals surface area contributed by atoms with Crippen LogP contribution in [-0.2, 0) is 4.79 Å². The maximum Gasteiger partial charge on any atom is 0.221 e. The second kappa shape index (κ2) is 6.36. The van der Waals surface area contributed by atoms with Crippen LogP contribution in [0.1, 0.15) is 18.9 Å². The number of carbonyl (C=O) groups excluding carboxylic acids is 1. The molecule has 16 heavy (non-hydrogen) atoms. The van der Waals surface area contributed by atoms with Gasteiger partial charge in [0.2, 0.25) is 5.95 Å². The van der Waals surface area contributed by atoms with Crippen LogP contribution < -0.4 is 5.73 Å². The van der Waals surface area contributed by atoms with Crippen molar-refractivity contribution in [3.8, 4) is 11.8 Å². The van der Waals surface area contributed by atoms with E-state index in [1.807, 2.05) is 0 Å². The van der Waals surface area contributed by atoms with Crippen molar-refractivity contribution in [1.82, 2.24) is 9.97 Å². The second-order valence-electron chi connectivity index (χ2n) is 2.82. The van der Waals surface area contributed by atoms with Gasteiger partial charge in [0.15, 0.2) is 5.12 Å². The summed E-state index contributed by atoms with van der Waals surface area (Å²) in [6.07, 6.45) is 2.10. The minimum absolute atomic E-state index is 0.0932. The Morgan fingerprint density at radius 2 is 2.44 bits per heavy atom. The molecule has 0 bridgehead atoms. The summed E-state index contributed by atoms with van der Waals surface area (Å²) in [4.78, 5) is 18.2. The van der Waals surface area contributed by atoms with Crippen LogP contribution in [0, 0.1) is 11.8 Å². The number of halogens is 1. The van der Waals surface area contributed by atoms with E-state index >= 15 is 0 Å². The van der Waals surface area contributed by atoms with Gasteiger partial charge in [-0.25, -0.2) is 4.98 Å². The van der Waals surface area contributed by atoms with Crippen molar-refractivity contribution < 1.29 is 4.79 Å². The number of nitrogens with two attached hydrogens (primary N) is 1. The van der Waals surface area contributed by atoms with Gasteiger partial charge in [-0.2, -0.15) is 4.98 Å². The second-order valence-corrected chi connectivity index (χ2v) is 4.45. The summed E-state index contributed by atoms with van der Waals surface area (Å²) < 4.78 is 0.